The van der Waals surface area contributed by atoms with Crippen LogP contribution in [0.4, 0.5) is 5.69 Å². The molecular weight excluding hydrogens is 236 g/mol. The zero-order chi connectivity index (χ0) is 13.7. The van der Waals surface area contributed by atoms with Crippen molar-refractivity contribution >= 4 is 11.6 Å². The monoisotopic (exact) mass is 254 g/mol. The molecule has 1 amide bonds. The van der Waals surface area contributed by atoms with E-state index in [0.29, 0.717) is 12.2 Å². The molecule has 0 radical (unpaired) electrons. The van der Waals surface area contributed by atoms with Crippen LogP contribution in [-0.4, -0.2) is 5.91 Å². The fraction of sp³-hybridized carbons (Fsp3) is 0.188. The molecule has 0 fully saturated rings. The first-order valence-corrected chi connectivity index (χ1v) is 6.34. The number of benzene rings is 2. The van der Waals surface area contributed by atoms with E-state index in [1.807, 2.05) is 61.5 Å². The highest BCUT2D eigenvalue weighted by Crippen LogP contribution is 2.15. The number of anilines is 1. The van der Waals surface area contributed by atoms with Gasteiger partial charge in [-0.05, 0) is 30.2 Å². The molecule has 0 aliphatic heterocycles. The molecule has 0 aliphatic carbocycles. The summed E-state index contributed by atoms with van der Waals surface area (Å²) in [7, 11) is 0. The third kappa shape index (κ3) is 3.58. The Morgan fingerprint density at radius 2 is 1.89 bits per heavy atom. The van der Waals surface area contributed by atoms with Crippen molar-refractivity contribution in [1.82, 2.24) is 5.32 Å². The van der Waals surface area contributed by atoms with E-state index in [1.54, 1.807) is 0 Å². The molecule has 1 atom stereocenters. The van der Waals surface area contributed by atoms with E-state index < -0.39 is 0 Å². The van der Waals surface area contributed by atoms with Gasteiger partial charge in [0, 0.05) is 12.2 Å². The van der Waals surface area contributed by atoms with Crippen LogP contribution in [0, 0.1) is 0 Å². The van der Waals surface area contributed by atoms with Gasteiger partial charge in [0.1, 0.15) is 0 Å². The molecular formula is C16H18N2O. The van der Waals surface area contributed by atoms with Crippen LogP contribution in [0.2, 0.25) is 0 Å². The summed E-state index contributed by atoms with van der Waals surface area (Å²) >= 11 is 0. The van der Waals surface area contributed by atoms with E-state index in [-0.39, 0.29) is 11.8 Å². The molecule has 0 bridgehead atoms. The molecule has 2 aromatic carbocycles. The van der Waals surface area contributed by atoms with Gasteiger partial charge in [0.2, 0.25) is 5.91 Å². The fourth-order valence-electron chi connectivity index (χ4n) is 1.94. The number of nitrogens with one attached hydrogen (secondary N) is 1. The van der Waals surface area contributed by atoms with Crippen LogP contribution in [0.25, 0.3) is 0 Å². The number of hydrogen-bond acceptors (Lipinski definition) is 2. The summed E-state index contributed by atoms with van der Waals surface area (Å²) in [5, 5.41) is 2.93. The van der Waals surface area contributed by atoms with E-state index in [0.717, 1.165) is 11.1 Å². The van der Waals surface area contributed by atoms with Gasteiger partial charge in [-0.2, -0.15) is 0 Å². The third-order valence-electron chi connectivity index (χ3n) is 3.11. The second-order valence-corrected chi connectivity index (χ2v) is 4.60. The number of nitrogens with two attached hydrogens (primary N) is 1. The molecule has 3 heteroatoms. The summed E-state index contributed by atoms with van der Waals surface area (Å²) in [6.07, 6.45) is 0. The summed E-state index contributed by atoms with van der Waals surface area (Å²) in [6.45, 7) is 2.41. The Bertz CT molecular complexity index is 552. The summed E-state index contributed by atoms with van der Waals surface area (Å²) in [5.41, 5.74) is 8.44. The van der Waals surface area contributed by atoms with Crippen molar-refractivity contribution in [2.45, 2.75) is 19.4 Å². The van der Waals surface area contributed by atoms with Crippen molar-refractivity contribution in [2.75, 3.05) is 5.73 Å². The summed E-state index contributed by atoms with van der Waals surface area (Å²) in [4.78, 5) is 12.1. The maximum absolute atomic E-state index is 12.1. The molecule has 0 aromatic heterocycles. The largest absolute Gasteiger partial charge is 0.399 e. The zero-order valence-corrected chi connectivity index (χ0v) is 11.0. The highest BCUT2D eigenvalue weighted by Gasteiger charge is 2.14. The summed E-state index contributed by atoms with van der Waals surface area (Å²) < 4.78 is 0. The molecule has 98 valence electrons. The minimum atomic E-state index is -0.151. The first-order chi connectivity index (χ1) is 9.16. The molecule has 0 heterocycles. The normalized spacial score (nSPS) is 11.8. The predicted molar refractivity (Wildman–Crippen MR) is 77.6 cm³/mol. The Kier molecular flexibility index (Phi) is 4.18. The number of hydrogen-bond donors (Lipinski definition) is 2. The lowest BCUT2D eigenvalue weighted by atomic mass is 10.0. The Hall–Kier alpha value is -2.29. The van der Waals surface area contributed by atoms with Crippen LogP contribution < -0.4 is 11.1 Å². The number of amides is 1. The molecule has 3 nitrogen and oxygen atoms in total. The molecule has 2 rings (SSSR count). The highest BCUT2D eigenvalue weighted by atomic mass is 16.1. The van der Waals surface area contributed by atoms with Crippen LogP contribution in [0.5, 0.6) is 0 Å². The van der Waals surface area contributed by atoms with Gasteiger partial charge in [0.05, 0.1) is 5.92 Å². The van der Waals surface area contributed by atoms with Gasteiger partial charge >= 0.3 is 0 Å². The van der Waals surface area contributed by atoms with Gasteiger partial charge in [0.25, 0.3) is 0 Å². The van der Waals surface area contributed by atoms with Crippen LogP contribution in [0.3, 0.4) is 0 Å². The summed E-state index contributed by atoms with van der Waals surface area (Å²) in [5.74, 6) is -0.129. The first kappa shape index (κ1) is 13.1. The van der Waals surface area contributed by atoms with Gasteiger partial charge < -0.3 is 11.1 Å². The Morgan fingerprint density at radius 3 is 2.58 bits per heavy atom. The highest BCUT2D eigenvalue weighted by molar-refractivity contribution is 5.83. The van der Waals surface area contributed by atoms with Crippen molar-refractivity contribution in [3.63, 3.8) is 0 Å². The minimum Gasteiger partial charge on any atom is -0.399 e. The minimum absolute atomic E-state index is 0.0219. The van der Waals surface area contributed by atoms with E-state index in [2.05, 4.69) is 5.32 Å². The van der Waals surface area contributed by atoms with Gasteiger partial charge in [-0.3, -0.25) is 4.79 Å². The quantitative estimate of drug-likeness (QED) is 0.824. The van der Waals surface area contributed by atoms with Crippen molar-refractivity contribution in [1.29, 1.82) is 0 Å². The lowest BCUT2D eigenvalue weighted by molar-refractivity contribution is -0.122. The average Bonchev–Trinajstić information content (AvgIpc) is 2.45. The van der Waals surface area contributed by atoms with Crippen molar-refractivity contribution in [3.8, 4) is 0 Å². The second kappa shape index (κ2) is 6.05. The van der Waals surface area contributed by atoms with Crippen molar-refractivity contribution in [3.05, 3.63) is 65.7 Å². The van der Waals surface area contributed by atoms with E-state index in [1.165, 1.54) is 0 Å². The van der Waals surface area contributed by atoms with Gasteiger partial charge in [-0.1, -0.05) is 42.5 Å². The number of carbonyl (C=O) groups is 1. The lowest BCUT2D eigenvalue weighted by Crippen LogP contribution is -2.27. The lowest BCUT2D eigenvalue weighted by Gasteiger charge is -2.12. The van der Waals surface area contributed by atoms with Gasteiger partial charge in [-0.15, -0.1) is 0 Å². The van der Waals surface area contributed by atoms with Gasteiger partial charge in [0.15, 0.2) is 0 Å². The van der Waals surface area contributed by atoms with Crippen molar-refractivity contribution < 1.29 is 4.79 Å². The Morgan fingerprint density at radius 1 is 1.16 bits per heavy atom. The molecule has 2 aromatic rings. The molecule has 19 heavy (non-hydrogen) atoms. The summed E-state index contributed by atoms with van der Waals surface area (Å²) in [6, 6.07) is 17.3. The van der Waals surface area contributed by atoms with Gasteiger partial charge in [-0.25, -0.2) is 0 Å². The predicted octanol–water partition coefficient (Wildman–Crippen LogP) is 2.69. The van der Waals surface area contributed by atoms with E-state index in [4.69, 9.17) is 5.73 Å². The molecule has 3 N–H and O–H groups in total. The Labute approximate surface area is 113 Å². The number of carbonyl (C=O) groups excluding carboxylic acids is 1. The maximum atomic E-state index is 12.1. The molecule has 0 saturated carbocycles. The topological polar surface area (TPSA) is 55.1 Å². The van der Waals surface area contributed by atoms with Crippen LogP contribution in [-0.2, 0) is 11.3 Å². The number of rotatable bonds is 4. The molecule has 1 unspecified atom stereocenters. The smallest absolute Gasteiger partial charge is 0.227 e. The maximum Gasteiger partial charge on any atom is 0.227 e. The zero-order valence-electron chi connectivity index (χ0n) is 11.0. The van der Waals surface area contributed by atoms with Crippen LogP contribution >= 0.6 is 0 Å². The molecule has 0 saturated heterocycles. The standard InChI is InChI=1S/C16H18N2O/c1-12(14-7-3-2-4-8-14)16(19)18-11-13-6-5-9-15(17)10-13/h2-10,12H,11,17H2,1H3,(H,18,19). The molecule has 0 spiro atoms. The fourth-order valence-corrected chi connectivity index (χ4v) is 1.94. The van der Waals surface area contributed by atoms with Crippen LogP contribution in [0.1, 0.15) is 24.0 Å². The number of nitrogen functional groups attached to an aromatic ring is 1. The van der Waals surface area contributed by atoms with Crippen molar-refractivity contribution in [2.24, 2.45) is 0 Å². The van der Waals surface area contributed by atoms with E-state index >= 15 is 0 Å². The molecule has 0 aliphatic rings. The average molecular weight is 254 g/mol. The second-order valence-electron chi connectivity index (χ2n) is 4.60. The Balaban J connectivity index is 1.95. The SMILES string of the molecule is CC(C(=O)NCc1cccc(N)c1)c1ccccc1. The van der Waals surface area contributed by atoms with E-state index in [9.17, 15) is 4.79 Å². The third-order valence-corrected chi connectivity index (χ3v) is 3.11. The van der Waals surface area contributed by atoms with Crippen LogP contribution in [0.15, 0.2) is 54.6 Å². The first-order valence-electron chi connectivity index (χ1n) is 6.34.